The molecule has 6 heteroatoms. The van der Waals surface area contributed by atoms with E-state index in [2.05, 4.69) is 5.32 Å². The van der Waals surface area contributed by atoms with Crippen LogP contribution in [0.25, 0.3) is 0 Å². The number of hydrogen-bond acceptors (Lipinski definition) is 4. The predicted octanol–water partition coefficient (Wildman–Crippen LogP) is -0.124. The molecule has 4 N–H and O–H groups in total. The zero-order valence-corrected chi connectivity index (χ0v) is 9.17. The third kappa shape index (κ3) is 3.18. The Bertz CT molecular complexity index is 443. The number of phenolic OH excluding ortho intramolecular Hbond substituents is 1. The van der Waals surface area contributed by atoms with Gasteiger partial charge in [-0.25, -0.2) is 4.79 Å². The molecular weight excluding hydrogens is 226 g/mol. The van der Waals surface area contributed by atoms with Gasteiger partial charge in [-0.1, -0.05) is 6.07 Å². The van der Waals surface area contributed by atoms with E-state index in [1.807, 2.05) is 0 Å². The van der Waals surface area contributed by atoms with Gasteiger partial charge in [-0.3, -0.25) is 4.79 Å². The Morgan fingerprint density at radius 2 is 2.06 bits per heavy atom. The van der Waals surface area contributed by atoms with Crippen LogP contribution in [0.1, 0.15) is 15.9 Å². The molecule has 0 saturated heterocycles. The molecule has 17 heavy (non-hydrogen) atoms. The predicted molar refractivity (Wildman–Crippen MR) is 58.8 cm³/mol. The van der Waals surface area contributed by atoms with Gasteiger partial charge in [0.25, 0.3) is 5.91 Å². The van der Waals surface area contributed by atoms with Crippen LogP contribution >= 0.6 is 0 Å². The minimum atomic E-state index is -1.39. The number of aryl methyl sites for hydroxylation is 1. The fourth-order valence-corrected chi connectivity index (χ4v) is 1.26. The van der Waals surface area contributed by atoms with Crippen LogP contribution in [0.5, 0.6) is 5.75 Å². The molecule has 1 rings (SSSR count). The quantitative estimate of drug-likeness (QED) is 0.585. The lowest BCUT2D eigenvalue weighted by Crippen LogP contribution is -2.43. The Morgan fingerprint density at radius 1 is 1.41 bits per heavy atom. The first-order valence-corrected chi connectivity index (χ1v) is 4.90. The summed E-state index contributed by atoms with van der Waals surface area (Å²) >= 11 is 0. The first-order valence-electron chi connectivity index (χ1n) is 4.90. The second-order valence-electron chi connectivity index (χ2n) is 3.57. The molecule has 0 unspecified atom stereocenters. The summed E-state index contributed by atoms with van der Waals surface area (Å²) in [7, 11) is 0. The fourth-order valence-electron chi connectivity index (χ4n) is 1.26. The zero-order valence-electron chi connectivity index (χ0n) is 9.17. The van der Waals surface area contributed by atoms with Crippen molar-refractivity contribution in [2.45, 2.75) is 13.0 Å². The molecule has 1 amide bonds. The fraction of sp³-hybridized carbons (Fsp3) is 0.273. The van der Waals surface area contributed by atoms with Crippen molar-refractivity contribution in [3.05, 3.63) is 29.3 Å². The molecule has 1 aromatic rings. The molecule has 92 valence electrons. The van der Waals surface area contributed by atoms with Gasteiger partial charge in [-0.05, 0) is 24.6 Å². The lowest BCUT2D eigenvalue weighted by Gasteiger charge is -2.12. The van der Waals surface area contributed by atoms with Crippen LogP contribution in [0.15, 0.2) is 18.2 Å². The van der Waals surface area contributed by atoms with Crippen molar-refractivity contribution in [3.63, 3.8) is 0 Å². The molecule has 0 fully saturated rings. The molecule has 0 aliphatic carbocycles. The van der Waals surface area contributed by atoms with Crippen molar-refractivity contribution in [3.8, 4) is 5.75 Å². The number of aliphatic hydroxyl groups is 1. The Balaban J connectivity index is 2.86. The number of aliphatic carboxylic acids is 1. The normalized spacial score (nSPS) is 11.9. The molecule has 0 aliphatic heterocycles. The second kappa shape index (κ2) is 5.31. The molecule has 1 atom stereocenters. The monoisotopic (exact) mass is 239 g/mol. The van der Waals surface area contributed by atoms with Gasteiger partial charge in [0.15, 0.2) is 6.04 Å². The van der Waals surface area contributed by atoms with Crippen LogP contribution in [-0.2, 0) is 4.79 Å². The van der Waals surface area contributed by atoms with E-state index in [1.54, 1.807) is 13.0 Å². The number of hydrogen-bond donors (Lipinski definition) is 4. The largest absolute Gasteiger partial charge is 0.507 e. The number of aliphatic hydroxyl groups excluding tert-OH is 1. The number of amides is 1. The Morgan fingerprint density at radius 3 is 2.53 bits per heavy atom. The SMILES string of the molecule is Cc1ccc(C(=O)N[C@H](CO)C(=O)O)c(O)c1. The number of carboxylic acids is 1. The Kier molecular flexibility index (Phi) is 4.06. The average molecular weight is 239 g/mol. The third-order valence-corrected chi connectivity index (χ3v) is 2.18. The van der Waals surface area contributed by atoms with Crippen LogP contribution in [-0.4, -0.2) is 39.8 Å². The van der Waals surface area contributed by atoms with Gasteiger partial charge < -0.3 is 20.6 Å². The molecule has 6 nitrogen and oxygen atoms in total. The highest BCUT2D eigenvalue weighted by atomic mass is 16.4. The molecule has 0 aromatic heterocycles. The maximum Gasteiger partial charge on any atom is 0.328 e. The van der Waals surface area contributed by atoms with Gasteiger partial charge >= 0.3 is 5.97 Å². The van der Waals surface area contributed by atoms with E-state index in [0.717, 1.165) is 5.56 Å². The number of rotatable bonds is 4. The van der Waals surface area contributed by atoms with E-state index in [0.29, 0.717) is 0 Å². The molecule has 0 radical (unpaired) electrons. The third-order valence-electron chi connectivity index (χ3n) is 2.18. The zero-order chi connectivity index (χ0) is 13.0. The molecule has 0 aliphatic rings. The molecule has 0 bridgehead atoms. The number of carbonyl (C=O) groups excluding carboxylic acids is 1. The van der Waals surface area contributed by atoms with Crippen LogP contribution in [0, 0.1) is 6.92 Å². The van der Waals surface area contributed by atoms with Gasteiger partial charge in [-0.2, -0.15) is 0 Å². The topological polar surface area (TPSA) is 107 Å². The number of benzene rings is 1. The number of aromatic hydroxyl groups is 1. The van der Waals surface area contributed by atoms with E-state index in [-0.39, 0.29) is 11.3 Å². The highest BCUT2D eigenvalue weighted by Gasteiger charge is 2.21. The molecular formula is C11H13NO5. The van der Waals surface area contributed by atoms with Crippen LogP contribution < -0.4 is 5.32 Å². The van der Waals surface area contributed by atoms with Crippen molar-refractivity contribution in [1.82, 2.24) is 5.32 Å². The maximum absolute atomic E-state index is 11.6. The number of nitrogens with one attached hydrogen (secondary N) is 1. The van der Waals surface area contributed by atoms with Crippen molar-refractivity contribution in [2.24, 2.45) is 0 Å². The maximum atomic E-state index is 11.6. The lowest BCUT2D eigenvalue weighted by atomic mass is 10.1. The minimum absolute atomic E-state index is 0.0321. The summed E-state index contributed by atoms with van der Waals surface area (Å²) < 4.78 is 0. The minimum Gasteiger partial charge on any atom is -0.507 e. The molecule has 0 spiro atoms. The lowest BCUT2D eigenvalue weighted by molar-refractivity contribution is -0.140. The summed E-state index contributed by atoms with van der Waals surface area (Å²) in [6.07, 6.45) is 0. The van der Waals surface area contributed by atoms with E-state index in [9.17, 15) is 14.7 Å². The summed E-state index contributed by atoms with van der Waals surface area (Å²) in [6.45, 7) is 1.03. The van der Waals surface area contributed by atoms with Gasteiger partial charge in [0.05, 0.1) is 12.2 Å². The van der Waals surface area contributed by atoms with Crippen LogP contribution in [0.3, 0.4) is 0 Å². The van der Waals surface area contributed by atoms with Gasteiger partial charge in [0, 0.05) is 0 Å². The highest BCUT2D eigenvalue weighted by molar-refractivity contribution is 5.98. The van der Waals surface area contributed by atoms with Crippen LogP contribution in [0.4, 0.5) is 0 Å². The van der Waals surface area contributed by atoms with E-state index in [1.165, 1.54) is 12.1 Å². The summed E-state index contributed by atoms with van der Waals surface area (Å²) in [6, 6.07) is 3.01. The first kappa shape index (κ1) is 13.0. The second-order valence-corrected chi connectivity index (χ2v) is 3.57. The van der Waals surface area contributed by atoms with Crippen molar-refractivity contribution >= 4 is 11.9 Å². The highest BCUT2D eigenvalue weighted by Crippen LogP contribution is 2.18. The number of carbonyl (C=O) groups is 2. The Labute approximate surface area is 97.5 Å². The van der Waals surface area contributed by atoms with Crippen molar-refractivity contribution < 1.29 is 24.9 Å². The molecule has 0 heterocycles. The summed E-state index contributed by atoms with van der Waals surface area (Å²) in [5.74, 6) is -2.32. The van der Waals surface area contributed by atoms with Gasteiger partial charge in [0.1, 0.15) is 5.75 Å². The first-order chi connectivity index (χ1) is 7.95. The van der Waals surface area contributed by atoms with Crippen LogP contribution in [0.2, 0.25) is 0 Å². The summed E-state index contributed by atoms with van der Waals surface area (Å²) in [4.78, 5) is 22.2. The standard InChI is InChI=1S/C11H13NO5/c1-6-2-3-7(9(14)4-6)10(15)12-8(5-13)11(16)17/h2-4,8,13-14H,5H2,1H3,(H,12,15)(H,16,17)/t8-/m1/s1. The molecule has 0 saturated carbocycles. The van der Waals surface area contributed by atoms with E-state index >= 15 is 0 Å². The number of phenols is 1. The average Bonchev–Trinajstić information content (AvgIpc) is 2.24. The van der Waals surface area contributed by atoms with E-state index < -0.39 is 24.5 Å². The summed E-state index contributed by atoms with van der Waals surface area (Å²) in [5, 5.41) is 29.0. The molecule has 1 aromatic carbocycles. The Hall–Kier alpha value is -2.08. The number of carboxylic acid groups (broad SMARTS) is 1. The van der Waals surface area contributed by atoms with Crippen molar-refractivity contribution in [2.75, 3.05) is 6.61 Å². The van der Waals surface area contributed by atoms with E-state index in [4.69, 9.17) is 10.2 Å². The van der Waals surface area contributed by atoms with Gasteiger partial charge in [0.2, 0.25) is 0 Å². The summed E-state index contributed by atoms with van der Waals surface area (Å²) in [5.41, 5.74) is 0.742. The smallest absolute Gasteiger partial charge is 0.328 e. The van der Waals surface area contributed by atoms with Crippen molar-refractivity contribution in [1.29, 1.82) is 0 Å². The van der Waals surface area contributed by atoms with Gasteiger partial charge in [-0.15, -0.1) is 0 Å².